The van der Waals surface area contributed by atoms with Crippen molar-refractivity contribution in [2.75, 3.05) is 5.32 Å². The molecule has 0 aliphatic rings. The smallest absolute Gasteiger partial charge is 0.261 e. The second-order valence-corrected chi connectivity index (χ2v) is 4.26. The molecule has 0 aromatic carbocycles. The second kappa shape index (κ2) is 4.78. The van der Waals surface area contributed by atoms with E-state index < -0.39 is 0 Å². The standard InChI is InChI=1S/C12H12ClN3O2/c1-6-7(2)18-8(3)10(6)11(17)16-12-14-5-4-9(13)15-12/h4-5H,1-3H3,(H,14,15,16,17). The Balaban J connectivity index is 2.27. The van der Waals surface area contributed by atoms with E-state index >= 15 is 0 Å². The van der Waals surface area contributed by atoms with Gasteiger partial charge in [0.25, 0.3) is 5.91 Å². The Morgan fingerprint density at radius 3 is 2.61 bits per heavy atom. The molecule has 0 saturated carbocycles. The van der Waals surface area contributed by atoms with Crippen molar-refractivity contribution in [1.82, 2.24) is 9.97 Å². The first-order valence-electron chi connectivity index (χ1n) is 5.35. The Bertz CT molecular complexity index is 607. The largest absolute Gasteiger partial charge is 0.466 e. The minimum Gasteiger partial charge on any atom is -0.466 e. The fourth-order valence-corrected chi connectivity index (χ4v) is 1.82. The highest BCUT2D eigenvalue weighted by atomic mass is 35.5. The molecule has 0 spiro atoms. The van der Waals surface area contributed by atoms with Crippen molar-refractivity contribution in [3.05, 3.63) is 40.1 Å². The molecule has 1 N–H and O–H groups in total. The van der Waals surface area contributed by atoms with Gasteiger partial charge in [0.1, 0.15) is 16.7 Å². The number of nitrogens with one attached hydrogen (secondary N) is 1. The van der Waals surface area contributed by atoms with Crippen LogP contribution in [0.1, 0.15) is 27.4 Å². The van der Waals surface area contributed by atoms with Gasteiger partial charge in [-0.1, -0.05) is 11.6 Å². The molecule has 1 amide bonds. The number of aromatic nitrogens is 2. The van der Waals surface area contributed by atoms with Gasteiger partial charge < -0.3 is 4.42 Å². The minimum absolute atomic E-state index is 0.171. The van der Waals surface area contributed by atoms with E-state index in [0.717, 1.165) is 11.3 Å². The minimum atomic E-state index is -0.302. The lowest BCUT2D eigenvalue weighted by atomic mass is 10.1. The maximum Gasteiger partial charge on any atom is 0.261 e. The van der Waals surface area contributed by atoms with Crippen LogP contribution in [0.3, 0.4) is 0 Å². The van der Waals surface area contributed by atoms with Crippen molar-refractivity contribution in [2.24, 2.45) is 0 Å². The summed E-state index contributed by atoms with van der Waals surface area (Å²) in [7, 11) is 0. The number of halogens is 1. The summed E-state index contributed by atoms with van der Waals surface area (Å²) < 4.78 is 5.40. The van der Waals surface area contributed by atoms with Gasteiger partial charge in [-0.3, -0.25) is 10.1 Å². The lowest BCUT2D eigenvalue weighted by molar-refractivity contribution is 0.102. The monoisotopic (exact) mass is 265 g/mol. The highest BCUT2D eigenvalue weighted by Gasteiger charge is 2.19. The number of carbonyl (C=O) groups excluding carboxylic acids is 1. The van der Waals surface area contributed by atoms with Gasteiger partial charge in [-0.2, -0.15) is 0 Å². The van der Waals surface area contributed by atoms with Crippen LogP contribution in [0.25, 0.3) is 0 Å². The van der Waals surface area contributed by atoms with Crippen LogP contribution >= 0.6 is 11.6 Å². The average molecular weight is 266 g/mol. The SMILES string of the molecule is Cc1oc(C)c(C(=O)Nc2nccc(Cl)n2)c1C. The number of hydrogen-bond acceptors (Lipinski definition) is 4. The third-order valence-corrected chi connectivity index (χ3v) is 2.85. The Kier molecular flexibility index (Phi) is 3.34. The van der Waals surface area contributed by atoms with E-state index in [2.05, 4.69) is 15.3 Å². The zero-order valence-electron chi connectivity index (χ0n) is 10.2. The molecule has 0 bridgehead atoms. The van der Waals surface area contributed by atoms with Crippen LogP contribution in [0.2, 0.25) is 5.15 Å². The van der Waals surface area contributed by atoms with E-state index in [1.165, 1.54) is 12.3 Å². The number of hydrogen-bond donors (Lipinski definition) is 1. The molecule has 2 heterocycles. The number of nitrogens with zero attached hydrogens (tertiary/aromatic N) is 2. The third kappa shape index (κ3) is 2.36. The fourth-order valence-electron chi connectivity index (χ4n) is 1.69. The Labute approximate surface area is 109 Å². The zero-order chi connectivity index (χ0) is 13.3. The first kappa shape index (κ1) is 12.6. The first-order chi connectivity index (χ1) is 8.49. The molecule has 2 aromatic heterocycles. The lowest BCUT2D eigenvalue weighted by Crippen LogP contribution is -2.15. The highest BCUT2D eigenvalue weighted by Crippen LogP contribution is 2.21. The molecule has 2 rings (SSSR count). The zero-order valence-corrected chi connectivity index (χ0v) is 11.0. The molecule has 0 fully saturated rings. The molecule has 0 aliphatic carbocycles. The van der Waals surface area contributed by atoms with Crippen molar-refractivity contribution >= 4 is 23.5 Å². The van der Waals surface area contributed by atoms with Crippen molar-refractivity contribution < 1.29 is 9.21 Å². The maximum atomic E-state index is 12.1. The number of amides is 1. The number of carbonyl (C=O) groups is 1. The van der Waals surface area contributed by atoms with Gasteiger partial charge in [0.2, 0.25) is 5.95 Å². The van der Waals surface area contributed by atoms with Gasteiger partial charge >= 0.3 is 0 Å². The summed E-state index contributed by atoms with van der Waals surface area (Å²) in [5, 5.41) is 2.86. The van der Waals surface area contributed by atoms with E-state index in [4.69, 9.17) is 16.0 Å². The summed E-state index contributed by atoms with van der Waals surface area (Å²) in [5.41, 5.74) is 1.32. The molecular formula is C12H12ClN3O2. The third-order valence-electron chi connectivity index (χ3n) is 2.64. The molecule has 0 unspecified atom stereocenters. The number of anilines is 1. The summed E-state index contributed by atoms with van der Waals surface area (Å²) >= 11 is 5.72. The van der Waals surface area contributed by atoms with Crippen LogP contribution in [0, 0.1) is 20.8 Å². The topological polar surface area (TPSA) is 68.0 Å². The van der Waals surface area contributed by atoms with E-state index in [0.29, 0.717) is 11.3 Å². The van der Waals surface area contributed by atoms with Crippen molar-refractivity contribution in [3.8, 4) is 0 Å². The van der Waals surface area contributed by atoms with E-state index in [1.54, 1.807) is 6.92 Å². The summed E-state index contributed by atoms with van der Waals surface area (Å²) in [6, 6.07) is 1.54. The summed E-state index contributed by atoms with van der Waals surface area (Å²) in [6.07, 6.45) is 1.48. The molecule has 18 heavy (non-hydrogen) atoms. The van der Waals surface area contributed by atoms with Gasteiger partial charge in [0, 0.05) is 11.8 Å². The maximum absolute atomic E-state index is 12.1. The van der Waals surface area contributed by atoms with Gasteiger partial charge in [-0.15, -0.1) is 0 Å². The molecule has 94 valence electrons. The van der Waals surface area contributed by atoms with E-state index in [-0.39, 0.29) is 17.0 Å². The second-order valence-electron chi connectivity index (χ2n) is 3.87. The van der Waals surface area contributed by atoms with Crippen LogP contribution in [0.5, 0.6) is 0 Å². The molecular weight excluding hydrogens is 254 g/mol. The number of aryl methyl sites for hydroxylation is 2. The van der Waals surface area contributed by atoms with Crippen LogP contribution < -0.4 is 5.32 Å². The quantitative estimate of drug-likeness (QED) is 0.848. The van der Waals surface area contributed by atoms with Gasteiger partial charge in [-0.25, -0.2) is 9.97 Å². The molecule has 0 atom stereocenters. The van der Waals surface area contributed by atoms with E-state index in [1.807, 2.05) is 13.8 Å². The van der Waals surface area contributed by atoms with Crippen LogP contribution in [-0.4, -0.2) is 15.9 Å². The molecule has 0 saturated heterocycles. The molecule has 0 radical (unpaired) electrons. The van der Waals surface area contributed by atoms with Crippen molar-refractivity contribution in [1.29, 1.82) is 0 Å². The molecule has 2 aromatic rings. The average Bonchev–Trinajstić information content (AvgIpc) is 2.53. The predicted molar refractivity (Wildman–Crippen MR) is 67.9 cm³/mol. The molecule has 6 heteroatoms. The number of furan rings is 1. The van der Waals surface area contributed by atoms with Crippen LogP contribution in [-0.2, 0) is 0 Å². The van der Waals surface area contributed by atoms with Crippen LogP contribution in [0.15, 0.2) is 16.7 Å². The van der Waals surface area contributed by atoms with Crippen molar-refractivity contribution in [2.45, 2.75) is 20.8 Å². The lowest BCUT2D eigenvalue weighted by Gasteiger charge is -2.03. The van der Waals surface area contributed by atoms with Crippen molar-refractivity contribution in [3.63, 3.8) is 0 Å². The molecule has 0 aliphatic heterocycles. The Morgan fingerprint density at radius 1 is 1.33 bits per heavy atom. The summed E-state index contributed by atoms with van der Waals surface area (Å²) in [6.45, 7) is 5.39. The Morgan fingerprint density at radius 2 is 2.06 bits per heavy atom. The highest BCUT2D eigenvalue weighted by molar-refractivity contribution is 6.29. The summed E-state index contributed by atoms with van der Waals surface area (Å²) in [4.78, 5) is 19.9. The predicted octanol–water partition coefficient (Wildman–Crippen LogP) is 2.90. The molecule has 5 nitrogen and oxygen atoms in total. The fraction of sp³-hybridized carbons (Fsp3) is 0.250. The first-order valence-corrected chi connectivity index (χ1v) is 5.73. The van der Waals surface area contributed by atoms with Gasteiger partial charge in [-0.05, 0) is 26.8 Å². The summed E-state index contributed by atoms with van der Waals surface area (Å²) in [5.74, 6) is 1.17. The normalized spacial score (nSPS) is 10.4. The Hall–Kier alpha value is -1.88. The van der Waals surface area contributed by atoms with Gasteiger partial charge in [0.05, 0.1) is 5.56 Å². The van der Waals surface area contributed by atoms with Crippen LogP contribution in [0.4, 0.5) is 5.95 Å². The van der Waals surface area contributed by atoms with E-state index in [9.17, 15) is 4.79 Å². The number of rotatable bonds is 2. The van der Waals surface area contributed by atoms with Gasteiger partial charge in [0.15, 0.2) is 0 Å².